The minimum atomic E-state index is 0.559. The first-order valence-electron chi connectivity index (χ1n) is 14.9. The van der Waals surface area contributed by atoms with Gasteiger partial charge >= 0.3 is 0 Å². The SMILES string of the molecule is CCC[C@H](C)[C@H]1CC[C@]2(C)C3CCC4[C@@]5(C)CCCC(C)(C)C5CC[C@@]4(C)[C@]3(C)CC[C@H]12. The molecule has 184 valence electrons. The van der Waals surface area contributed by atoms with Crippen LogP contribution in [0.15, 0.2) is 0 Å². The fraction of sp³-hybridized carbons (Fsp3) is 1.00. The molecule has 3 unspecified atom stereocenters. The van der Waals surface area contributed by atoms with Crippen LogP contribution in [0.1, 0.15) is 139 Å². The molecule has 0 bridgehead atoms. The molecule has 10 atom stereocenters. The maximum Gasteiger partial charge on any atom is -0.0235 e. The van der Waals surface area contributed by atoms with Crippen LogP contribution in [0.4, 0.5) is 0 Å². The van der Waals surface area contributed by atoms with E-state index in [9.17, 15) is 0 Å². The molecule has 5 rings (SSSR count). The van der Waals surface area contributed by atoms with Gasteiger partial charge in [0.1, 0.15) is 0 Å². The van der Waals surface area contributed by atoms with Crippen molar-refractivity contribution in [3.05, 3.63) is 0 Å². The first kappa shape index (κ1) is 23.7. The molecule has 32 heavy (non-hydrogen) atoms. The Morgan fingerprint density at radius 2 is 1.28 bits per heavy atom. The lowest BCUT2D eigenvalue weighted by molar-refractivity contribution is -0.241. The Labute approximate surface area is 201 Å². The van der Waals surface area contributed by atoms with Crippen molar-refractivity contribution in [3.63, 3.8) is 0 Å². The summed E-state index contributed by atoms with van der Waals surface area (Å²) in [4.78, 5) is 0. The molecule has 0 N–H and O–H groups in total. The van der Waals surface area contributed by atoms with E-state index in [1.54, 1.807) is 6.42 Å². The van der Waals surface area contributed by atoms with Crippen LogP contribution in [0, 0.1) is 62.6 Å². The zero-order valence-electron chi connectivity index (χ0n) is 23.2. The van der Waals surface area contributed by atoms with Gasteiger partial charge in [0.25, 0.3) is 0 Å². The lowest BCUT2D eigenvalue weighted by Crippen LogP contribution is -2.65. The molecule has 0 aromatic rings. The summed E-state index contributed by atoms with van der Waals surface area (Å²) in [5, 5.41) is 0. The van der Waals surface area contributed by atoms with Crippen LogP contribution in [-0.2, 0) is 0 Å². The number of hydrogen-bond acceptors (Lipinski definition) is 0. The van der Waals surface area contributed by atoms with Gasteiger partial charge in [-0.1, -0.05) is 74.7 Å². The van der Waals surface area contributed by atoms with Crippen LogP contribution in [-0.4, -0.2) is 0 Å². The Balaban J connectivity index is 1.48. The van der Waals surface area contributed by atoms with Crippen molar-refractivity contribution in [2.24, 2.45) is 62.6 Å². The third kappa shape index (κ3) is 2.92. The lowest BCUT2D eigenvalue weighted by atomic mass is 9.32. The summed E-state index contributed by atoms with van der Waals surface area (Å²) >= 11 is 0. The van der Waals surface area contributed by atoms with E-state index in [1.807, 2.05) is 0 Å². The molecular weight excluding hydrogens is 384 g/mol. The van der Waals surface area contributed by atoms with E-state index in [0.29, 0.717) is 27.1 Å². The monoisotopic (exact) mass is 440 g/mol. The van der Waals surface area contributed by atoms with E-state index in [-0.39, 0.29) is 0 Å². The van der Waals surface area contributed by atoms with E-state index in [2.05, 4.69) is 55.4 Å². The van der Waals surface area contributed by atoms with Gasteiger partial charge in [0.2, 0.25) is 0 Å². The second-order valence-corrected chi connectivity index (χ2v) is 15.6. The van der Waals surface area contributed by atoms with Crippen LogP contribution >= 0.6 is 0 Å². The van der Waals surface area contributed by atoms with E-state index in [1.165, 1.54) is 77.0 Å². The van der Waals surface area contributed by atoms with Gasteiger partial charge in [0, 0.05) is 0 Å². The molecule has 0 heterocycles. The molecule has 5 saturated carbocycles. The van der Waals surface area contributed by atoms with Crippen molar-refractivity contribution in [3.8, 4) is 0 Å². The zero-order chi connectivity index (χ0) is 23.2. The van der Waals surface area contributed by atoms with Crippen LogP contribution in [0.5, 0.6) is 0 Å². The van der Waals surface area contributed by atoms with Crippen molar-refractivity contribution in [1.29, 1.82) is 0 Å². The summed E-state index contributed by atoms with van der Waals surface area (Å²) in [6.45, 7) is 21.4. The Hall–Kier alpha value is 0. The Bertz CT molecular complexity index is 720. The van der Waals surface area contributed by atoms with E-state index < -0.39 is 0 Å². The average Bonchev–Trinajstić information content (AvgIpc) is 3.05. The van der Waals surface area contributed by atoms with Crippen molar-refractivity contribution >= 4 is 0 Å². The summed E-state index contributed by atoms with van der Waals surface area (Å²) < 4.78 is 0. The zero-order valence-corrected chi connectivity index (χ0v) is 23.2. The lowest BCUT2D eigenvalue weighted by Gasteiger charge is -2.73. The van der Waals surface area contributed by atoms with Crippen molar-refractivity contribution in [2.75, 3.05) is 0 Å². The Kier molecular flexibility index (Phi) is 5.56. The molecule has 5 fully saturated rings. The molecule has 5 aliphatic rings. The first-order chi connectivity index (χ1) is 14.9. The highest BCUT2D eigenvalue weighted by atomic mass is 14.7. The molecule has 0 radical (unpaired) electrons. The number of hydrogen-bond donors (Lipinski definition) is 0. The molecule has 0 aromatic heterocycles. The highest BCUT2D eigenvalue weighted by Crippen LogP contribution is 2.78. The quantitative estimate of drug-likeness (QED) is 0.409. The largest absolute Gasteiger partial charge is 0.0654 e. The van der Waals surface area contributed by atoms with Gasteiger partial charge in [0.05, 0.1) is 0 Å². The van der Waals surface area contributed by atoms with Crippen LogP contribution in [0.25, 0.3) is 0 Å². The van der Waals surface area contributed by atoms with Crippen molar-refractivity contribution in [2.45, 2.75) is 139 Å². The number of fused-ring (bicyclic) bond motifs is 7. The van der Waals surface area contributed by atoms with Crippen LogP contribution in [0.3, 0.4) is 0 Å². The Morgan fingerprint density at radius 3 is 1.94 bits per heavy atom. The third-order valence-electron chi connectivity index (χ3n) is 14.2. The molecular formula is C32H56. The predicted molar refractivity (Wildman–Crippen MR) is 139 cm³/mol. The summed E-state index contributed by atoms with van der Waals surface area (Å²) in [6.07, 6.45) is 19.5. The highest BCUT2D eigenvalue weighted by Gasteiger charge is 2.70. The van der Waals surface area contributed by atoms with Crippen LogP contribution in [0.2, 0.25) is 0 Å². The molecule has 0 aromatic carbocycles. The topological polar surface area (TPSA) is 0 Å². The Morgan fingerprint density at radius 1 is 0.656 bits per heavy atom. The van der Waals surface area contributed by atoms with Gasteiger partial charge in [-0.25, -0.2) is 0 Å². The van der Waals surface area contributed by atoms with Gasteiger partial charge < -0.3 is 0 Å². The van der Waals surface area contributed by atoms with Gasteiger partial charge in [-0.15, -0.1) is 0 Å². The van der Waals surface area contributed by atoms with E-state index in [0.717, 1.165) is 35.5 Å². The van der Waals surface area contributed by atoms with Gasteiger partial charge in [0.15, 0.2) is 0 Å². The van der Waals surface area contributed by atoms with Crippen molar-refractivity contribution < 1.29 is 0 Å². The van der Waals surface area contributed by atoms with Crippen molar-refractivity contribution in [1.82, 2.24) is 0 Å². The first-order valence-corrected chi connectivity index (χ1v) is 14.9. The highest BCUT2D eigenvalue weighted by molar-refractivity contribution is 5.19. The summed E-state index contributed by atoms with van der Waals surface area (Å²) in [5.41, 5.74) is 2.91. The second kappa shape index (κ2) is 7.50. The molecule has 0 amide bonds. The standard InChI is InChI=1S/C32H56/c1-9-11-22(2)23-14-19-29(5)24(23)15-20-31(7)26(29)12-13-27-30(6)18-10-17-28(3,4)25(30)16-21-32(27,31)8/h22-27H,9-21H2,1-8H3/t22-,23+,24+,25?,26?,27?,29-,30-,31+,32+/m0/s1. The fourth-order valence-electron chi connectivity index (χ4n) is 12.7. The summed E-state index contributed by atoms with van der Waals surface area (Å²) in [7, 11) is 0. The third-order valence-corrected chi connectivity index (χ3v) is 14.2. The second-order valence-electron chi connectivity index (χ2n) is 15.6. The molecule has 5 aliphatic carbocycles. The number of rotatable bonds is 3. The smallest absolute Gasteiger partial charge is 0.0235 e. The molecule has 0 spiro atoms. The maximum atomic E-state index is 2.83. The molecule has 0 saturated heterocycles. The van der Waals surface area contributed by atoms with E-state index >= 15 is 0 Å². The summed E-state index contributed by atoms with van der Waals surface area (Å²) in [5.74, 6) is 5.88. The van der Waals surface area contributed by atoms with Gasteiger partial charge in [-0.2, -0.15) is 0 Å². The minimum absolute atomic E-state index is 0.559. The molecule has 0 aliphatic heterocycles. The van der Waals surface area contributed by atoms with Gasteiger partial charge in [-0.3, -0.25) is 0 Å². The maximum absolute atomic E-state index is 2.83. The molecule has 0 heteroatoms. The average molecular weight is 441 g/mol. The minimum Gasteiger partial charge on any atom is -0.0654 e. The van der Waals surface area contributed by atoms with E-state index in [4.69, 9.17) is 0 Å². The normalized spacial score (nSPS) is 55.3. The fourth-order valence-corrected chi connectivity index (χ4v) is 12.7. The van der Waals surface area contributed by atoms with Gasteiger partial charge in [-0.05, 0) is 127 Å². The predicted octanol–water partition coefficient (Wildman–Crippen LogP) is 9.91. The van der Waals surface area contributed by atoms with Crippen LogP contribution < -0.4 is 0 Å². The summed E-state index contributed by atoms with van der Waals surface area (Å²) in [6, 6.07) is 0. The molecule has 0 nitrogen and oxygen atoms in total.